The molecule has 2 aliphatic rings. The van der Waals surface area contributed by atoms with E-state index in [2.05, 4.69) is 15.7 Å². The lowest BCUT2D eigenvalue weighted by Crippen LogP contribution is -2.41. The van der Waals surface area contributed by atoms with E-state index in [1.54, 1.807) is 0 Å². The first kappa shape index (κ1) is 19.7. The third-order valence-electron chi connectivity index (χ3n) is 4.47. The minimum absolute atomic E-state index is 0.0148. The molecule has 1 aliphatic heterocycles. The summed E-state index contributed by atoms with van der Waals surface area (Å²) < 4.78 is 37.7. The van der Waals surface area contributed by atoms with Gasteiger partial charge in [0.1, 0.15) is 5.71 Å². The number of halogens is 3. The average Bonchev–Trinajstić information content (AvgIpc) is 2.50. The van der Waals surface area contributed by atoms with Crippen molar-refractivity contribution >= 4 is 11.6 Å². The maximum atomic E-state index is 12.6. The van der Waals surface area contributed by atoms with Crippen LogP contribution in [0.3, 0.4) is 0 Å². The standard InChI is InChI=1S/C17H25F3N4O/c1-9-5-13(15(25)24-21)23-14-11(9)6-10(22-8-17(18,19)20)7-12(14)16(2,3)4/h7,9-10,22H,5-6,8,21H2,1-4H3,(H,24,25). The van der Waals surface area contributed by atoms with Crippen LogP contribution in [0.5, 0.6) is 0 Å². The van der Waals surface area contributed by atoms with Gasteiger partial charge in [0.05, 0.1) is 12.2 Å². The first-order valence-electron chi connectivity index (χ1n) is 8.26. The summed E-state index contributed by atoms with van der Waals surface area (Å²) >= 11 is 0. The molecule has 1 amide bonds. The predicted molar refractivity (Wildman–Crippen MR) is 90.6 cm³/mol. The van der Waals surface area contributed by atoms with E-state index in [0.717, 1.165) is 16.8 Å². The first-order valence-corrected chi connectivity index (χ1v) is 8.26. The summed E-state index contributed by atoms with van der Waals surface area (Å²) in [6.45, 7) is 6.86. The van der Waals surface area contributed by atoms with Crippen LogP contribution in [-0.4, -0.2) is 30.4 Å². The quantitative estimate of drug-likeness (QED) is 0.412. The molecule has 8 heteroatoms. The molecule has 2 unspecified atom stereocenters. The predicted octanol–water partition coefficient (Wildman–Crippen LogP) is 2.61. The smallest absolute Gasteiger partial charge is 0.302 e. The average molecular weight is 358 g/mol. The zero-order chi connectivity index (χ0) is 19.0. The van der Waals surface area contributed by atoms with Crippen molar-refractivity contribution in [3.05, 3.63) is 22.9 Å². The summed E-state index contributed by atoms with van der Waals surface area (Å²) in [7, 11) is 0. The fourth-order valence-corrected chi connectivity index (χ4v) is 3.22. The number of carbonyl (C=O) groups is 1. The fourth-order valence-electron chi connectivity index (χ4n) is 3.22. The Balaban J connectivity index is 2.39. The van der Waals surface area contributed by atoms with Crippen molar-refractivity contribution in [2.75, 3.05) is 6.54 Å². The molecule has 0 aromatic rings. The maximum Gasteiger partial charge on any atom is 0.401 e. The molecule has 4 N–H and O–H groups in total. The third-order valence-corrected chi connectivity index (χ3v) is 4.47. The van der Waals surface area contributed by atoms with Crippen molar-refractivity contribution in [2.24, 2.45) is 22.2 Å². The van der Waals surface area contributed by atoms with E-state index in [-0.39, 0.29) is 11.3 Å². The van der Waals surface area contributed by atoms with Crippen LogP contribution in [0.4, 0.5) is 13.2 Å². The Kier molecular flexibility index (Phi) is 5.44. The van der Waals surface area contributed by atoms with Crippen LogP contribution in [0.1, 0.15) is 40.5 Å². The molecule has 0 saturated heterocycles. The van der Waals surface area contributed by atoms with E-state index in [0.29, 0.717) is 18.6 Å². The van der Waals surface area contributed by atoms with Gasteiger partial charge >= 0.3 is 6.18 Å². The van der Waals surface area contributed by atoms with Crippen LogP contribution in [0.2, 0.25) is 0 Å². The Morgan fingerprint density at radius 3 is 2.48 bits per heavy atom. The highest BCUT2D eigenvalue weighted by Crippen LogP contribution is 2.43. The van der Waals surface area contributed by atoms with Crippen LogP contribution < -0.4 is 16.6 Å². The van der Waals surface area contributed by atoms with Gasteiger partial charge < -0.3 is 5.32 Å². The first-order chi connectivity index (χ1) is 11.4. The number of carbonyl (C=O) groups excluding carboxylic acids is 1. The van der Waals surface area contributed by atoms with Gasteiger partial charge in [0.2, 0.25) is 0 Å². The Morgan fingerprint density at radius 2 is 1.96 bits per heavy atom. The van der Waals surface area contributed by atoms with Crippen molar-refractivity contribution in [2.45, 2.75) is 52.8 Å². The second-order valence-corrected chi connectivity index (χ2v) is 7.65. The molecule has 0 bridgehead atoms. The number of rotatable bonds is 3. The molecular formula is C17H25F3N4O. The number of nitrogens with zero attached hydrogens (tertiary/aromatic N) is 1. The van der Waals surface area contributed by atoms with Crippen molar-refractivity contribution in [1.29, 1.82) is 0 Å². The highest BCUT2D eigenvalue weighted by atomic mass is 19.4. The number of aliphatic imine (C=N–C) groups is 1. The highest BCUT2D eigenvalue weighted by molar-refractivity contribution is 6.39. The number of hydrogen-bond acceptors (Lipinski definition) is 4. The number of alkyl halides is 3. The maximum absolute atomic E-state index is 12.6. The lowest BCUT2D eigenvalue weighted by atomic mass is 9.74. The van der Waals surface area contributed by atoms with Crippen molar-refractivity contribution < 1.29 is 18.0 Å². The molecule has 140 valence electrons. The molecule has 25 heavy (non-hydrogen) atoms. The number of nitrogens with one attached hydrogen (secondary N) is 2. The van der Waals surface area contributed by atoms with Gasteiger partial charge in [-0.2, -0.15) is 13.2 Å². The summed E-state index contributed by atoms with van der Waals surface area (Å²) in [6, 6.07) is -0.405. The normalized spacial score (nSPS) is 24.5. The number of hydrazine groups is 1. The Bertz CT molecular complexity index is 641. The molecule has 1 heterocycles. The van der Waals surface area contributed by atoms with Gasteiger partial charge in [0.25, 0.3) is 5.91 Å². The van der Waals surface area contributed by atoms with Crippen LogP contribution in [0, 0.1) is 11.3 Å². The lowest BCUT2D eigenvalue weighted by Gasteiger charge is -2.36. The van der Waals surface area contributed by atoms with Gasteiger partial charge in [-0.05, 0) is 28.9 Å². The van der Waals surface area contributed by atoms with E-state index in [4.69, 9.17) is 5.84 Å². The SMILES string of the molecule is CC1CC(C(=O)NN)=NC2=C1CC(NCC(F)(F)F)C=C2C(C)(C)C. The number of nitrogens with two attached hydrogens (primary N) is 1. The molecule has 1 aliphatic carbocycles. The summed E-state index contributed by atoms with van der Waals surface area (Å²) in [5, 5.41) is 2.58. The minimum atomic E-state index is -4.26. The molecular weight excluding hydrogens is 333 g/mol. The molecule has 2 atom stereocenters. The van der Waals surface area contributed by atoms with Crippen molar-refractivity contribution in [3.63, 3.8) is 0 Å². The molecule has 0 fully saturated rings. The van der Waals surface area contributed by atoms with E-state index >= 15 is 0 Å². The Labute approximate surface area is 145 Å². The van der Waals surface area contributed by atoms with Crippen LogP contribution in [-0.2, 0) is 4.79 Å². The van der Waals surface area contributed by atoms with Crippen LogP contribution in [0.15, 0.2) is 27.9 Å². The van der Waals surface area contributed by atoms with Gasteiger partial charge in [-0.25, -0.2) is 10.8 Å². The van der Waals surface area contributed by atoms with Gasteiger partial charge in [-0.1, -0.05) is 33.8 Å². The van der Waals surface area contributed by atoms with E-state index < -0.39 is 24.7 Å². The molecule has 0 aromatic carbocycles. The van der Waals surface area contributed by atoms with Crippen LogP contribution in [0.25, 0.3) is 0 Å². The Hall–Kier alpha value is -1.67. The largest absolute Gasteiger partial charge is 0.401 e. The fraction of sp³-hybridized carbons (Fsp3) is 0.647. The summed E-state index contributed by atoms with van der Waals surface area (Å²) in [5.41, 5.74) is 4.69. The third kappa shape index (κ3) is 4.70. The van der Waals surface area contributed by atoms with Gasteiger partial charge in [0, 0.05) is 12.5 Å². The van der Waals surface area contributed by atoms with Crippen LogP contribution >= 0.6 is 0 Å². The van der Waals surface area contributed by atoms with E-state index in [1.807, 2.05) is 33.8 Å². The summed E-state index contributed by atoms with van der Waals surface area (Å²) in [6.07, 6.45) is -1.57. The van der Waals surface area contributed by atoms with E-state index in [1.165, 1.54) is 0 Å². The lowest BCUT2D eigenvalue weighted by molar-refractivity contribution is -0.125. The highest BCUT2D eigenvalue weighted by Gasteiger charge is 2.36. The van der Waals surface area contributed by atoms with Gasteiger partial charge in [0.15, 0.2) is 0 Å². The second kappa shape index (κ2) is 6.92. The Morgan fingerprint density at radius 1 is 1.32 bits per heavy atom. The second-order valence-electron chi connectivity index (χ2n) is 7.65. The zero-order valence-corrected chi connectivity index (χ0v) is 14.9. The molecule has 0 aromatic heterocycles. The molecule has 2 rings (SSSR count). The van der Waals surface area contributed by atoms with Gasteiger partial charge in [-0.3, -0.25) is 10.2 Å². The van der Waals surface area contributed by atoms with Crippen molar-refractivity contribution in [3.8, 4) is 0 Å². The number of hydrogen-bond donors (Lipinski definition) is 3. The molecule has 0 radical (unpaired) electrons. The van der Waals surface area contributed by atoms with Gasteiger partial charge in [-0.15, -0.1) is 0 Å². The molecule has 5 nitrogen and oxygen atoms in total. The van der Waals surface area contributed by atoms with Crippen molar-refractivity contribution in [1.82, 2.24) is 10.7 Å². The topological polar surface area (TPSA) is 79.5 Å². The number of amides is 1. The minimum Gasteiger partial charge on any atom is -0.302 e. The molecule has 0 spiro atoms. The monoisotopic (exact) mass is 358 g/mol. The summed E-state index contributed by atoms with van der Waals surface area (Å²) in [5.74, 6) is 4.80. The number of allylic oxidation sites excluding steroid dienone is 1. The van der Waals surface area contributed by atoms with E-state index in [9.17, 15) is 18.0 Å². The zero-order valence-electron chi connectivity index (χ0n) is 14.9. The summed E-state index contributed by atoms with van der Waals surface area (Å²) in [4.78, 5) is 16.4. The molecule has 0 saturated carbocycles.